The Morgan fingerprint density at radius 2 is 1.91 bits per heavy atom. The smallest absolute Gasteiger partial charge is 0.305 e. The number of hydrogen-bond donors (Lipinski definition) is 1. The van der Waals surface area contributed by atoms with Gasteiger partial charge in [-0.25, -0.2) is 5.43 Å². The highest BCUT2D eigenvalue weighted by Crippen LogP contribution is 2.29. The fraction of sp³-hybridized carbons (Fsp3) is 0.188. The van der Waals surface area contributed by atoms with Crippen molar-refractivity contribution < 1.29 is 31.2 Å². The Bertz CT molecular complexity index is 663. The molecule has 2 rings (SSSR count). The number of rotatable bonds is 6. The number of nitrogens with zero attached hydrogens (tertiary/aromatic N) is 2. The predicted molar refractivity (Wildman–Crippen MR) is 81.9 cm³/mol. The molecule has 0 aliphatic rings. The van der Waals surface area contributed by atoms with Crippen molar-refractivity contribution >= 4 is 12.1 Å². The molecule has 0 atom stereocenters. The second-order valence-electron chi connectivity index (χ2n) is 4.42. The standard InChI is InChI=1S/C16H17N3O3.ClH/c1-21-14-8-6-7-13(16(14)22-2)11-17-18-15(20)12-19-9-4-3-5-10-19;/h3-11H,12H2,1-2H3;1H/b17-11+;. The van der Waals surface area contributed by atoms with E-state index in [0.29, 0.717) is 11.5 Å². The number of carbonyl (C=O) groups is 1. The van der Waals surface area contributed by atoms with Crippen molar-refractivity contribution in [1.29, 1.82) is 0 Å². The van der Waals surface area contributed by atoms with Crippen molar-refractivity contribution in [1.82, 2.24) is 5.43 Å². The van der Waals surface area contributed by atoms with Crippen LogP contribution in [0.4, 0.5) is 0 Å². The highest BCUT2D eigenvalue weighted by atomic mass is 35.5. The van der Waals surface area contributed by atoms with Gasteiger partial charge in [-0.05, 0) is 12.1 Å². The van der Waals surface area contributed by atoms with Crippen molar-refractivity contribution in [2.45, 2.75) is 6.54 Å². The number of amides is 1. The highest BCUT2D eigenvalue weighted by molar-refractivity contribution is 5.86. The van der Waals surface area contributed by atoms with Gasteiger partial charge < -0.3 is 21.9 Å². The third kappa shape index (κ3) is 5.27. The van der Waals surface area contributed by atoms with Crippen molar-refractivity contribution in [3.63, 3.8) is 0 Å². The molecular formula is C16H18ClN3O3. The zero-order valence-electron chi connectivity index (χ0n) is 12.9. The van der Waals surface area contributed by atoms with E-state index in [-0.39, 0.29) is 24.9 Å². The number of hydrazone groups is 1. The first-order valence-corrected chi connectivity index (χ1v) is 6.71. The van der Waals surface area contributed by atoms with E-state index < -0.39 is 0 Å². The lowest BCUT2D eigenvalue weighted by molar-refractivity contribution is -0.684. The van der Waals surface area contributed by atoms with Crippen LogP contribution in [0, 0.1) is 0 Å². The zero-order valence-corrected chi connectivity index (χ0v) is 13.7. The molecule has 0 radical (unpaired) electrons. The first-order chi connectivity index (χ1) is 10.7. The van der Waals surface area contributed by atoms with Gasteiger partial charge in [-0.3, -0.25) is 4.79 Å². The molecule has 0 bridgehead atoms. The first-order valence-electron chi connectivity index (χ1n) is 6.71. The first kappa shape index (κ1) is 18.4. The summed E-state index contributed by atoms with van der Waals surface area (Å²) in [5, 5.41) is 3.95. The summed E-state index contributed by atoms with van der Waals surface area (Å²) in [5.41, 5.74) is 3.20. The maximum absolute atomic E-state index is 11.8. The van der Waals surface area contributed by atoms with E-state index in [0.717, 1.165) is 5.56 Å². The Morgan fingerprint density at radius 3 is 2.57 bits per heavy atom. The van der Waals surface area contributed by atoms with E-state index >= 15 is 0 Å². The van der Waals surface area contributed by atoms with Gasteiger partial charge in [0.15, 0.2) is 23.9 Å². The molecule has 0 saturated carbocycles. The Labute approximate surface area is 141 Å². The summed E-state index contributed by atoms with van der Waals surface area (Å²) in [6.07, 6.45) is 5.15. The minimum Gasteiger partial charge on any atom is -1.00 e. The maximum Gasteiger partial charge on any atom is 0.305 e. The van der Waals surface area contributed by atoms with Crippen LogP contribution in [0.1, 0.15) is 5.56 Å². The molecule has 1 aromatic heterocycles. The topological polar surface area (TPSA) is 63.8 Å². The molecule has 0 saturated heterocycles. The molecule has 1 N–H and O–H groups in total. The van der Waals surface area contributed by atoms with Gasteiger partial charge in [0.25, 0.3) is 0 Å². The summed E-state index contributed by atoms with van der Waals surface area (Å²) in [7, 11) is 3.12. The lowest BCUT2D eigenvalue weighted by Gasteiger charge is -2.09. The predicted octanol–water partition coefficient (Wildman–Crippen LogP) is -1.85. The molecule has 1 amide bonds. The summed E-state index contributed by atoms with van der Waals surface area (Å²) in [4.78, 5) is 11.8. The zero-order chi connectivity index (χ0) is 15.8. The third-order valence-corrected chi connectivity index (χ3v) is 2.93. The minimum atomic E-state index is -0.214. The molecule has 7 heteroatoms. The van der Waals surface area contributed by atoms with Crippen molar-refractivity contribution in [3.05, 3.63) is 54.4 Å². The van der Waals surface area contributed by atoms with Crippen molar-refractivity contribution in [2.24, 2.45) is 5.10 Å². The lowest BCUT2D eigenvalue weighted by Crippen LogP contribution is -3.00. The molecular weight excluding hydrogens is 318 g/mol. The van der Waals surface area contributed by atoms with E-state index in [2.05, 4.69) is 10.5 Å². The Balaban J connectivity index is 0.00000264. The van der Waals surface area contributed by atoms with E-state index in [1.54, 1.807) is 24.9 Å². The molecule has 0 unspecified atom stereocenters. The fourth-order valence-corrected chi connectivity index (χ4v) is 1.93. The number of pyridine rings is 1. The maximum atomic E-state index is 11.8. The van der Waals surface area contributed by atoms with Crippen LogP contribution in [0.15, 0.2) is 53.9 Å². The molecule has 0 spiro atoms. The van der Waals surface area contributed by atoms with Gasteiger partial charge in [-0.15, -0.1) is 0 Å². The van der Waals surface area contributed by atoms with Crippen LogP contribution >= 0.6 is 0 Å². The molecule has 122 valence electrons. The Hall–Kier alpha value is -2.60. The number of ether oxygens (including phenoxy) is 2. The van der Waals surface area contributed by atoms with Crippen LogP contribution in [-0.4, -0.2) is 26.3 Å². The van der Waals surface area contributed by atoms with Crippen LogP contribution in [-0.2, 0) is 11.3 Å². The molecule has 1 heterocycles. The molecule has 6 nitrogen and oxygen atoms in total. The van der Waals surface area contributed by atoms with Crippen LogP contribution in [0.2, 0.25) is 0 Å². The summed E-state index contributed by atoms with van der Waals surface area (Å²) < 4.78 is 12.3. The van der Waals surface area contributed by atoms with Crippen molar-refractivity contribution in [3.8, 4) is 11.5 Å². The number of hydrogen-bond acceptors (Lipinski definition) is 4. The molecule has 2 aromatic rings. The van der Waals surface area contributed by atoms with Crippen LogP contribution in [0.25, 0.3) is 0 Å². The van der Waals surface area contributed by atoms with Gasteiger partial charge in [0.05, 0.1) is 20.4 Å². The van der Waals surface area contributed by atoms with Gasteiger partial charge in [0.1, 0.15) is 0 Å². The van der Waals surface area contributed by atoms with E-state index in [1.807, 2.05) is 42.7 Å². The highest BCUT2D eigenvalue weighted by Gasteiger charge is 2.09. The number of carbonyl (C=O) groups excluding carboxylic acids is 1. The second kappa shape index (κ2) is 9.42. The van der Waals surface area contributed by atoms with Gasteiger partial charge in [0, 0.05) is 17.7 Å². The van der Waals surface area contributed by atoms with Gasteiger partial charge in [-0.1, -0.05) is 12.1 Å². The molecule has 1 aromatic carbocycles. The summed E-state index contributed by atoms with van der Waals surface area (Å²) in [6, 6.07) is 11.0. The summed E-state index contributed by atoms with van der Waals surface area (Å²) in [6.45, 7) is 0.202. The molecule has 0 fully saturated rings. The number of methoxy groups -OCH3 is 2. The number of benzene rings is 1. The number of nitrogens with one attached hydrogen (secondary N) is 1. The van der Waals surface area contributed by atoms with E-state index in [4.69, 9.17) is 9.47 Å². The summed E-state index contributed by atoms with van der Waals surface area (Å²) in [5.74, 6) is 0.965. The SMILES string of the molecule is COc1cccc(/C=N/NC(=O)C[n+]2ccccc2)c1OC.[Cl-]. The van der Waals surface area contributed by atoms with Crippen LogP contribution in [0.5, 0.6) is 11.5 Å². The Morgan fingerprint density at radius 1 is 1.17 bits per heavy atom. The largest absolute Gasteiger partial charge is 1.00 e. The van der Waals surface area contributed by atoms with Gasteiger partial charge in [-0.2, -0.15) is 9.67 Å². The Kier molecular flexibility index (Phi) is 7.56. The number of halogens is 1. The third-order valence-electron chi connectivity index (χ3n) is 2.93. The van der Waals surface area contributed by atoms with Gasteiger partial charge in [0.2, 0.25) is 6.54 Å². The van der Waals surface area contributed by atoms with Gasteiger partial charge >= 0.3 is 5.91 Å². The quantitative estimate of drug-likeness (QED) is 0.383. The summed E-state index contributed by atoms with van der Waals surface area (Å²) >= 11 is 0. The monoisotopic (exact) mass is 335 g/mol. The van der Waals surface area contributed by atoms with Crippen LogP contribution < -0.4 is 31.9 Å². The minimum absolute atomic E-state index is 0. The number of aromatic nitrogens is 1. The second-order valence-corrected chi connectivity index (χ2v) is 4.42. The molecule has 0 aliphatic heterocycles. The average Bonchev–Trinajstić information content (AvgIpc) is 2.55. The van der Waals surface area contributed by atoms with Crippen molar-refractivity contribution in [2.75, 3.05) is 14.2 Å². The molecule has 0 aliphatic carbocycles. The normalized spacial score (nSPS) is 10.0. The van der Waals surface area contributed by atoms with E-state index in [1.165, 1.54) is 6.21 Å². The number of para-hydroxylation sites is 1. The van der Waals surface area contributed by atoms with E-state index in [9.17, 15) is 4.79 Å². The average molecular weight is 336 g/mol. The van der Waals surface area contributed by atoms with Crippen LogP contribution in [0.3, 0.4) is 0 Å². The lowest BCUT2D eigenvalue weighted by atomic mass is 10.2. The molecule has 23 heavy (non-hydrogen) atoms. The fourth-order valence-electron chi connectivity index (χ4n) is 1.93.